The summed E-state index contributed by atoms with van der Waals surface area (Å²) in [4.78, 5) is 11.6. The third-order valence-electron chi connectivity index (χ3n) is 2.38. The van der Waals surface area contributed by atoms with Crippen molar-refractivity contribution in [1.82, 2.24) is 0 Å². The molecule has 0 saturated carbocycles. The van der Waals surface area contributed by atoms with E-state index in [1.807, 2.05) is 30.3 Å². The Bertz CT molecular complexity index is 506. The van der Waals surface area contributed by atoms with Crippen molar-refractivity contribution in [3.05, 3.63) is 77.2 Å². The number of esters is 1. The van der Waals surface area contributed by atoms with Gasteiger partial charge >= 0.3 is 5.97 Å². The van der Waals surface area contributed by atoms with Crippen molar-refractivity contribution in [1.29, 1.82) is 0 Å². The smallest absolute Gasteiger partial charge is 0.314 e. The lowest BCUT2D eigenvalue weighted by Crippen LogP contribution is -2.05. The maximum atomic E-state index is 11.6. The Morgan fingerprint density at radius 1 is 1.06 bits per heavy atom. The molecule has 0 bridgehead atoms. The Kier molecular flexibility index (Phi) is 4.37. The molecular weight excluding hydrogens is 248 g/mol. The fraction of sp³-hybridized carbons (Fsp3) is 0.0667. The summed E-state index contributed by atoms with van der Waals surface area (Å²) in [6.07, 6.45) is 1.44. The van der Waals surface area contributed by atoms with Crippen LogP contribution < -0.4 is 0 Å². The highest BCUT2D eigenvalue weighted by atomic mass is 35.5. The fourth-order valence-corrected chi connectivity index (χ4v) is 1.59. The van der Waals surface area contributed by atoms with Crippen LogP contribution in [0.3, 0.4) is 0 Å². The second kappa shape index (κ2) is 6.22. The van der Waals surface area contributed by atoms with Crippen LogP contribution in [-0.4, -0.2) is 5.97 Å². The normalized spacial score (nSPS) is 10.1. The number of benzene rings is 2. The Balaban J connectivity index is 1.84. The molecular formula is C15H12ClO2. The van der Waals surface area contributed by atoms with Gasteiger partial charge in [-0.2, -0.15) is 0 Å². The van der Waals surface area contributed by atoms with E-state index in [4.69, 9.17) is 16.3 Å². The Morgan fingerprint density at radius 2 is 1.72 bits per heavy atom. The predicted molar refractivity (Wildman–Crippen MR) is 71.1 cm³/mol. The summed E-state index contributed by atoms with van der Waals surface area (Å²) in [5.41, 5.74) is 1.74. The van der Waals surface area contributed by atoms with E-state index in [2.05, 4.69) is 0 Å². The first-order valence-electron chi connectivity index (χ1n) is 5.55. The largest absolute Gasteiger partial charge is 0.460 e. The molecule has 0 aliphatic heterocycles. The molecule has 0 aliphatic rings. The molecule has 91 valence electrons. The number of hydrogen-bond donors (Lipinski definition) is 0. The van der Waals surface area contributed by atoms with Crippen LogP contribution in [0.4, 0.5) is 0 Å². The van der Waals surface area contributed by atoms with Crippen LogP contribution in [-0.2, 0) is 16.1 Å². The van der Waals surface area contributed by atoms with Crippen molar-refractivity contribution in [2.24, 2.45) is 0 Å². The molecule has 2 rings (SSSR count). The fourth-order valence-electron chi connectivity index (χ4n) is 1.47. The van der Waals surface area contributed by atoms with Gasteiger partial charge in [-0.1, -0.05) is 54.1 Å². The van der Waals surface area contributed by atoms with Crippen molar-refractivity contribution in [3.8, 4) is 0 Å². The first-order chi connectivity index (χ1) is 8.74. The van der Waals surface area contributed by atoms with Crippen LogP contribution in [0, 0.1) is 6.42 Å². The summed E-state index contributed by atoms with van der Waals surface area (Å²) in [5.74, 6) is -0.360. The molecule has 1 radical (unpaired) electrons. The lowest BCUT2D eigenvalue weighted by molar-refractivity contribution is -0.140. The number of rotatable bonds is 4. The molecule has 2 aromatic carbocycles. The molecule has 0 aromatic heterocycles. The molecule has 0 spiro atoms. The van der Waals surface area contributed by atoms with E-state index in [0.29, 0.717) is 5.02 Å². The molecule has 0 saturated heterocycles. The first kappa shape index (κ1) is 12.7. The molecule has 3 heteroatoms. The quantitative estimate of drug-likeness (QED) is 0.784. The van der Waals surface area contributed by atoms with Crippen LogP contribution in [0.1, 0.15) is 11.1 Å². The highest BCUT2D eigenvalue weighted by Gasteiger charge is 2.05. The van der Waals surface area contributed by atoms with Gasteiger partial charge in [0.05, 0.1) is 6.42 Å². The topological polar surface area (TPSA) is 26.3 Å². The Labute approximate surface area is 111 Å². The monoisotopic (exact) mass is 259 g/mol. The van der Waals surface area contributed by atoms with Crippen LogP contribution in [0.2, 0.25) is 5.02 Å². The maximum absolute atomic E-state index is 11.6. The van der Waals surface area contributed by atoms with Gasteiger partial charge in [-0.25, -0.2) is 0 Å². The van der Waals surface area contributed by atoms with Crippen molar-refractivity contribution in [3.63, 3.8) is 0 Å². The van der Waals surface area contributed by atoms with Gasteiger partial charge in [0.1, 0.15) is 6.61 Å². The summed E-state index contributed by atoms with van der Waals surface area (Å²) in [7, 11) is 0. The van der Waals surface area contributed by atoms with E-state index >= 15 is 0 Å². The minimum atomic E-state index is -0.360. The average Bonchev–Trinajstić information content (AvgIpc) is 2.40. The number of carbonyl (C=O) groups is 1. The molecule has 0 aliphatic carbocycles. The highest BCUT2D eigenvalue weighted by molar-refractivity contribution is 6.30. The Morgan fingerprint density at radius 3 is 2.39 bits per heavy atom. The summed E-state index contributed by atoms with van der Waals surface area (Å²) < 4.78 is 5.13. The summed E-state index contributed by atoms with van der Waals surface area (Å²) >= 11 is 5.76. The van der Waals surface area contributed by atoms with Gasteiger partial charge in [0.15, 0.2) is 0 Å². The minimum Gasteiger partial charge on any atom is -0.460 e. The lowest BCUT2D eigenvalue weighted by Gasteiger charge is -2.04. The van der Waals surface area contributed by atoms with Gasteiger partial charge in [-0.3, -0.25) is 4.79 Å². The van der Waals surface area contributed by atoms with Crippen LogP contribution >= 0.6 is 11.6 Å². The zero-order chi connectivity index (χ0) is 12.8. The average molecular weight is 260 g/mol. The van der Waals surface area contributed by atoms with Gasteiger partial charge in [0.2, 0.25) is 0 Å². The second-order valence-electron chi connectivity index (χ2n) is 3.79. The van der Waals surface area contributed by atoms with E-state index in [1.54, 1.807) is 24.3 Å². The zero-order valence-corrected chi connectivity index (χ0v) is 10.4. The number of halogens is 1. The van der Waals surface area contributed by atoms with E-state index < -0.39 is 0 Å². The highest BCUT2D eigenvalue weighted by Crippen LogP contribution is 2.12. The SMILES string of the molecule is O=C([CH]c1ccc(Cl)cc1)OCc1ccccc1. The van der Waals surface area contributed by atoms with Crippen LogP contribution in [0.25, 0.3) is 0 Å². The maximum Gasteiger partial charge on any atom is 0.314 e. The van der Waals surface area contributed by atoms with Gasteiger partial charge < -0.3 is 4.74 Å². The van der Waals surface area contributed by atoms with Crippen molar-refractivity contribution >= 4 is 17.6 Å². The zero-order valence-electron chi connectivity index (χ0n) is 9.68. The van der Waals surface area contributed by atoms with Crippen molar-refractivity contribution < 1.29 is 9.53 Å². The number of hydrogen-bond acceptors (Lipinski definition) is 2. The minimum absolute atomic E-state index is 0.282. The van der Waals surface area contributed by atoms with Crippen molar-refractivity contribution in [2.45, 2.75) is 6.61 Å². The van der Waals surface area contributed by atoms with E-state index in [-0.39, 0.29) is 12.6 Å². The van der Waals surface area contributed by atoms with Gasteiger partial charge in [-0.05, 0) is 23.3 Å². The predicted octanol–water partition coefficient (Wildman–Crippen LogP) is 3.64. The molecule has 2 nitrogen and oxygen atoms in total. The summed E-state index contributed by atoms with van der Waals surface area (Å²) in [5, 5.41) is 0.643. The Hall–Kier alpha value is -1.80. The lowest BCUT2D eigenvalue weighted by atomic mass is 10.1. The first-order valence-corrected chi connectivity index (χ1v) is 5.93. The summed E-state index contributed by atoms with van der Waals surface area (Å²) in [6.45, 7) is 0.282. The van der Waals surface area contributed by atoms with Crippen LogP contribution in [0.15, 0.2) is 54.6 Å². The molecule has 0 heterocycles. The number of ether oxygens (including phenoxy) is 1. The molecule has 0 amide bonds. The van der Waals surface area contributed by atoms with Gasteiger partial charge in [-0.15, -0.1) is 0 Å². The third-order valence-corrected chi connectivity index (χ3v) is 2.63. The molecule has 2 aromatic rings. The van der Waals surface area contributed by atoms with Gasteiger partial charge in [0, 0.05) is 5.02 Å². The number of carbonyl (C=O) groups excluding carboxylic acids is 1. The van der Waals surface area contributed by atoms with E-state index in [9.17, 15) is 4.79 Å². The van der Waals surface area contributed by atoms with Gasteiger partial charge in [0.25, 0.3) is 0 Å². The molecule has 18 heavy (non-hydrogen) atoms. The second-order valence-corrected chi connectivity index (χ2v) is 4.23. The van der Waals surface area contributed by atoms with E-state index in [0.717, 1.165) is 11.1 Å². The molecule has 0 fully saturated rings. The molecule has 0 unspecified atom stereocenters. The standard InChI is InChI=1S/C15H12ClO2/c16-14-8-6-12(7-9-14)10-15(17)18-11-13-4-2-1-3-5-13/h1-10H,11H2. The van der Waals surface area contributed by atoms with Crippen LogP contribution in [0.5, 0.6) is 0 Å². The molecule has 0 N–H and O–H groups in total. The van der Waals surface area contributed by atoms with E-state index in [1.165, 1.54) is 6.42 Å². The van der Waals surface area contributed by atoms with Crippen molar-refractivity contribution in [2.75, 3.05) is 0 Å². The molecule has 0 atom stereocenters. The summed E-state index contributed by atoms with van der Waals surface area (Å²) in [6, 6.07) is 16.6. The third kappa shape index (κ3) is 3.90.